The molecule has 2 atom stereocenters. The molecule has 1 rings (SSSR count). The fourth-order valence-electron chi connectivity index (χ4n) is 2.99. The van der Waals surface area contributed by atoms with Crippen molar-refractivity contribution in [3.63, 3.8) is 0 Å². The molecule has 98 valence electrons. The Kier molecular flexibility index (Phi) is 7.23. The average Bonchev–Trinajstić information content (AvgIpc) is 2.39. The third-order valence-electron chi connectivity index (χ3n) is 3.96. The van der Waals surface area contributed by atoms with Gasteiger partial charge in [-0.3, -0.25) is 4.90 Å². The van der Waals surface area contributed by atoms with Crippen LogP contribution < -0.4 is 0 Å². The molecule has 0 amide bonds. The lowest BCUT2D eigenvalue weighted by Gasteiger charge is -2.39. The number of hydrogen-bond acceptors (Lipinski definition) is 3. The predicted octanol–water partition coefficient (Wildman–Crippen LogP) is 2.82. The van der Waals surface area contributed by atoms with Crippen molar-refractivity contribution in [1.29, 1.82) is 5.26 Å². The smallest absolute Gasteiger partial charge is 0.0635 e. The summed E-state index contributed by atoms with van der Waals surface area (Å²) in [6, 6.07) is 2.94. The Morgan fingerprint density at radius 3 is 2.71 bits per heavy atom. The Balaban J connectivity index is 2.55. The van der Waals surface area contributed by atoms with Gasteiger partial charge in [-0.25, -0.2) is 0 Å². The minimum absolute atomic E-state index is 0.636. The average molecular weight is 238 g/mol. The van der Waals surface area contributed by atoms with E-state index in [0.29, 0.717) is 12.5 Å². The van der Waals surface area contributed by atoms with Crippen LogP contribution in [0.5, 0.6) is 0 Å². The van der Waals surface area contributed by atoms with Gasteiger partial charge in [0.05, 0.1) is 12.7 Å². The van der Waals surface area contributed by atoms with Gasteiger partial charge in [0.1, 0.15) is 0 Å². The molecule has 1 aliphatic carbocycles. The van der Waals surface area contributed by atoms with Gasteiger partial charge >= 0.3 is 0 Å². The second-order valence-electron chi connectivity index (χ2n) is 4.96. The number of ether oxygens (including phenoxy) is 1. The van der Waals surface area contributed by atoms with Crippen LogP contribution in [0.2, 0.25) is 0 Å². The number of methoxy groups -OCH3 is 1. The van der Waals surface area contributed by atoms with Crippen molar-refractivity contribution in [2.24, 2.45) is 5.92 Å². The number of nitrogens with zero attached hydrogens (tertiary/aromatic N) is 2. The van der Waals surface area contributed by atoms with Crippen LogP contribution in [0.3, 0.4) is 0 Å². The largest absolute Gasteiger partial charge is 0.383 e. The Hall–Kier alpha value is -0.590. The first-order valence-corrected chi connectivity index (χ1v) is 6.93. The summed E-state index contributed by atoms with van der Waals surface area (Å²) in [5, 5.41) is 8.75. The first kappa shape index (κ1) is 14.5. The van der Waals surface area contributed by atoms with Gasteiger partial charge in [0, 0.05) is 32.7 Å². The van der Waals surface area contributed by atoms with Gasteiger partial charge in [-0.15, -0.1) is 0 Å². The van der Waals surface area contributed by atoms with E-state index >= 15 is 0 Å². The lowest BCUT2D eigenvalue weighted by atomic mass is 9.82. The maximum absolute atomic E-state index is 8.75. The van der Waals surface area contributed by atoms with Crippen LogP contribution in [-0.4, -0.2) is 37.7 Å². The fraction of sp³-hybridized carbons (Fsp3) is 0.929. The van der Waals surface area contributed by atoms with Gasteiger partial charge in [-0.05, 0) is 18.8 Å². The summed E-state index contributed by atoms with van der Waals surface area (Å²) in [6.07, 6.45) is 7.28. The van der Waals surface area contributed by atoms with E-state index in [0.717, 1.165) is 25.6 Å². The second-order valence-corrected chi connectivity index (χ2v) is 4.96. The van der Waals surface area contributed by atoms with Crippen LogP contribution in [0.4, 0.5) is 0 Å². The van der Waals surface area contributed by atoms with E-state index in [-0.39, 0.29) is 0 Å². The van der Waals surface area contributed by atoms with Gasteiger partial charge < -0.3 is 4.74 Å². The number of rotatable bonds is 7. The fourth-order valence-corrected chi connectivity index (χ4v) is 2.99. The summed E-state index contributed by atoms with van der Waals surface area (Å²) in [5.74, 6) is 0.819. The third kappa shape index (κ3) is 4.65. The van der Waals surface area contributed by atoms with Crippen LogP contribution in [0.1, 0.15) is 45.4 Å². The van der Waals surface area contributed by atoms with E-state index in [9.17, 15) is 0 Å². The Labute approximate surface area is 106 Å². The molecular formula is C14H26N2O. The maximum atomic E-state index is 8.75. The molecule has 0 aromatic carbocycles. The monoisotopic (exact) mass is 238 g/mol. The standard InChI is InChI=1S/C14H26N2O/c1-3-13-7-4-5-8-14(13)16(10-6-9-15)11-12-17-2/h13-14H,3-8,10-12H2,1-2H3. The second kappa shape index (κ2) is 8.49. The molecule has 0 aromatic rings. The van der Waals surface area contributed by atoms with Crippen molar-refractivity contribution in [3.05, 3.63) is 0 Å². The molecule has 1 fully saturated rings. The summed E-state index contributed by atoms with van der Waals surface area (Å²) < 4.78 is 5.19. The summed E-state index contributed by atoms with van der Waals surface area (Å²) >= 11 is 0. The van der Waals surface area contributed by atoms with Gasteiger partial charge in [-0.2, -0.15) is 5.26 Å². The maximum Gasteiger partial charge on any atom is 0.0635 e. The van der Waals surface area contributed by atoms with Crippen molar-refractivity contribution < 1.29 is 4.74 Å². The first-order chi connectivity index (χ1) is 8.33. The van der Waals surface area contributed by atoms with Gasteiger partial charge in [-0.1, -0.05) is 26.2 Å². The number of hydrogen-bond donors (Lipinski definition) is 0. The van der Waals surface area contributed by atoms with E-state index < -0.39 is 0 Å². The Morgan fingerprint density at radius 2 is 2.06 bits per heavy atom. The van der Waals surface area contributed by atoms with E-state index in [1.54, 1.807) is 7.11 Å². The summed E-state index contributed by atoms with van der Waals surface area (Å²) in [7, 11) is 1.75. The first-order valence-electron chi connectivity index (χ1n) is 6.93. The molecule has 0 aromatic heterocycles. The van der Waals surface area contributed by atoms with Crippen molar-refractivity contribution in [2.45, 2.75) is 51.5 Å². The quantitative estimate of drug-likeness (QED) is 0.684. The van der Waals surface area contributed by atoms with E-state index in [1.807, 2.05) is 0 Å². The van der Waals surface area contributed by atoms with Crippen LogP contribution >= 0.6 is 0 Å². The molecular weight excluding hydrogens is 212 g/mol. The Morgan fingerprint density at radius 1 is 1.29 bits per heavy atom. The highest BCUT2D eigenvalue weighted by Crippen LogP contribution is 2.30. The molecule has 3 nitrogen and oxygen atoms in total. The summed E-state index contributed by atoms with van der Waals surface area (Å²) in [6.45, 7) is 4.94. The minimum atomic E-state index is 0.636. The zero-order valence-electron chi connectivity index (χ0n) is 11.3. The summed E-state index contributed by atoms with van der Waals surface area (Å²) in [4.78, 5) is 2.49. The van der Waals surface area contributed by atoms with Gasteiger partial charge in [0.15, 0.2) is 0 Å². The molecule has 0 aliphatic heterocycles. The highest BCUT2D eigenvalue weighted by molar-refractivity contribution is 4.84. The summed E-state index contributed by atoms with van der Waals surface area (Å²) in [5.41, 5.74) is 0. The molecule has 17 heavy (non-hydrogen) atoms. The molecule has 2 unspecified atom stereocenters. The molecule has 0 saturated heterocycles. The highest BCUT2D eigenvalue weighted by Gasteiger charge is 2.28. The van der Waals surface area contributed by atoms with Crippen LogP contribution in [0.15, 0.2) is 0 Å². The molecule has 1 saturated carbocycles. The van der Waals surface area contributed by atoms with Crippen molar-refractivity contribution in [2.75, 3.05) is 26.8 Å². The zero-order valence-corrected chi connectivity index (χ0v) is 11.3. The van der Waals surface area contributed by atoms with Crippen LogP contribution in [0.25, 0.3) is 0 Å². The zero-order chi connectivity index (χ0) is 12.5. The van der Waals surface area contributed by atoms with Gasteiger partial charge in [0.25, 0.3) is 0 Å². The van der Waals surface area contributed by atoms with Gasteiger partial charge in [0.2, 0.25) is 0 Å². The topological polar surface area (TPSA) is 36.3 Å². The van der Waals surface area contributed by atoms with E-state index in [1.165, 1.54) is 32.1 Å². The molecule has 0 N–H and O–H groups in total. The predicted molar refractivity (Wildman–Crippen MR) is 69.7 cm³/mol. The van der Waals surface area contributed by atoms with Crippen molar-refractivity contribution in [1.82, 2.24) is 4.90 Å². The normalized spacial score (nSPS) is 24.8. The van der Waals surface area contributed by atoms with Crippen LogP contribution in [-0.2, 0) is 4.74 Å². The third-order valence-corrected chi connectivity index (χ3v) is 3.96. The molecule has 0 spiro atoms. The Bertz CT molecular complexity index is 237. The van der Waals surface area contributed by atoms with E-state index in [2.05, 4.69) is 17.9 Å². The van der Waals surface area contributed by atoms with Crippen LogP contribution in [0, 0.1) is 17.2 Å². The SMILES string of the molecule is CCC1CCCCC1N(CCC#N)CCOC. The molecule has 3 heteroatoms. The highest BCUT2D eigenvalue weighted by atomic mass is 16.5. The van der Waals surface area contributed by atoms with Crippen molar-refractivity contribution >= 4 is 0 Å². The lowest BCUT2D eigenvalue weighted by Crippen LogP contribution is -2.44. The van der Waals surface area contributed by atoms with E-state index in [4.69, 9.17) is 10.00 Å². The van der Waals surface area contributed by atoms with Crippen molar-refractivity contribution in [3.8, 4) is 6.07 Å². The molecule has 0 bridgehead atoms. The molecule has 1 aliphatic rings. The lowest BCUT2D eigenvalue weighted by molar-refractivity contribution is 0.0711. The molecule has 0 heterocycles. The molecule has 0 radical (unpaired) electrons. The number of nitriles is 1. The minimum Gasteiger partial charge on any atom is -0.383 e.